The van der Waals surface area contributed by atoms with Crippen LogP contribution < -0.4 is 21.3 Å². The van der Waals surface area contributed by atoms with E-state index in [0.717, 1.165) is 19.3 Å². The molecule has 0 radical (unpaired) electrons. The standard InChI is InChI=1S/C39H55F3N6O8/c1-37(2,3)56-36(55)46-29(23-16-12-9-13-17-23)35(54)48-21-24-27(38(24,4)5)30(48)32(51)44-25(18-19-39(40,41)42)31(50)33(52)43-20-26(49)45-28(34(53)47(6)7)22-14-10-8-11-15-22/h8,10-11,14-15,23-25,27-30H,9,12-13,16-21H2,1-7H3,(H,43,52)(H,44,51)(H,45,49)(H,46,55)/t24-,25?,27-,28-,29-,30-/m0/s1. The van der Waals surface area contributed by atoms with E-state index >= 15 is 0 Å². The molecule has 0 bridgehead atoms. The minimum absolute atomic E-state index is 0.138. The number of hydrogen-bond acceptors (Lipinski definition) is 8. The van der Waals surface area contributed by atoms with E-state index in [2.05, 4.69) is 21.3 Å². The third-order valence-electron chi connectivity index (χ3n) is 10.9. The molecule has 1 unspecified atom stereocenters. The molecule has 6 amide bonds. The zero-order valence-electron chi connectivity index (χ0n) is 33.1. The second-order valence-corrected chi connectivity index (χ2v) is 16.8. The number of alkyl carbamates (subject to hydrolysis) is 1. The summed E-state index contributed by atoms with van der Waals surface area (Å²) in [6.45, 7) is 8.20. The van der Waals surface area contributed by atoms with Gasteiger partial charge in [0.05, 0.1) is 12.6 Å². The Morgan fingerprint density at radius 2 is 1.55 bits per heavy atom. The van der Waals surface area contributed by atoms with E-state index in [9.17, 15) is 46.7 Å². The molecule has 1 aromatic carbocycles. The maximum absolute atomic E-state index is 14.4. The number of alkyl halides is 3. The normalized spacial score (nSPS) is 22.0. The molecule has 4 N–H and O–H groups in total. The van der Waals surface area contributed by atoms with E-state index in [0.29, 0.717) is 18.4 Å². The van der Waals surface area contributed by atoms with Gasteiger partial charge in [0.1, 0.15) is 23.7 Å². The van der Waals surface area contributed by atoms with Gasteiger partial charge < -0.3 is 35.8 Å². The number of carbonyl (C=O) groups excluding carboxylic acids is 7. The molecular formula is C39H55F3N6O8. The maximum Gasteiger partial charge on any atom is 0.408 e. The van der Waals surface area contributed by atoms with Gasteiger partial charge in [-0.25, -0.2) is 4.79 Å². The number of benzene rings is 1. The Bertz CT molecular complexity index is 1640. The number of likely N-dealkylation sites (N-methyl/N-ethyl adjacent to an activating group) is 1. The number of hydrogen-bond donors (Lipinski definition) is 4. The second kappa shape index (κ2) is 17.6. The molecule has 0 spiro atoms. The molecule has 4 rings (SSSR count). The number of Topliss-reactive ketones (excluding diaryl/α,β-unsaturated/α-hetero) is 1. The molecule has 2 aliphatic carbocycles. The molecule has 1 saturated heterocycles. The van der Waals surface area contributed by atoms with Gasteiger partial charge in [0.15, 0.2) is 0 Å². The lowest BCUT2D eigenvalue weighted by Crippen LogP contribution is -2.60. The van der Waals surface area contributed by atoms with Gasteiger partial charge in [-0.05, 0) is 68.8 Å². The van der Waals surface area contributed by atoms with Crippen molar-refractivity contribution in [1.29, 1.82) is 0 Å². The highest BCUT2D eigenvalue weighted by Gasteiger charge is 2.70. The fraction of sp³-hybridized carbons (Fsp3) is 0.667. The Morgan fingerprint density at radius 3 is 2.12 bits per heavy atom. The molecule has 1 aliphatic heterocycles. The van der Waals surface area contributed by atoms with Crippen LogP contribution in [0.3, 0.4) is 0 Å². The Labute approximate surface area is 325 Å². The van der Waals surface area contributed by atoms with Crippen molar-refractivity contribution in [1.82, 2.24) is 31.1 Å². The van der Waals surface area contributed by atoms with Crippen LogP contribution in [0.25, 0.3) is 0 Å². The van der Waals surface area contributed by atoms with Crippen LogP contribution in [0.4, 0.5) is 18.0 Å². The second-order valence-electron chi connectivity index (χ2n) is 16.8. The molecule has 3 fully saturated rings. The smallest absolute Gasteiger partial charge is 0.408 e. The molecule has 3 aliphatic rings. The van der Waals surface area contributed by atoms with Gasteiger partial charge in [-0.15, -0.1) is 0 Å². The highest BCUT2D eigenvalue weighted by Crippen LogP contribution is 2.65. The number of likely N-dealkylation sites (tertiary alicyclic amines) is 1. The minimum Gasteiger partial charge on any atom is -0.444 e. The number of nitrogens with one attached hydrogen (secondary N) is 4. The lowest BCUT2D eigenvalue weighted by atomic mass is 9.83. The molecule has 6 atom stereocenters. The molecule has 17 heteroatoms. The van der Waals surface area contributed by atoms with Crippen molar-refractivity contribution < 1.29 is 51.5 Å². The number of ether oxygens (including phenoxy) is 1. The van der Waals surface area contributed by atoms with E-state index in [1.165, 1.54) is 23.9 Å². The van der Waals surface area contributed by atoms with Crippen molar-refractivity contribution >= 4 is 41.4 Å². The number of fused-ring (bicyclic) bond motifs is 1. The van der Waals surface area contributed by atoms with E-state index in [1.807, 2.05) is 13.8 Å². The van der Waals surface area contributed by atoms with Gasteiger partial charge in [-0.3, -0.25) is 28.8 Å². The third-order valence-corrected chi connectivity index (χ3v) is 10.9. The Morgan fingerprint density at radius 1 is 0.929 bits per heavy atom. The number of nitrogens with zero attached hydrogens (tertiary/aromatic N) is 2. The van der Waals surface area contributed by atoms with E-state index in [4.69, 9.17) is 4.74 Å². The summed E-state index contributed by atoms with van der Waals surface area (Å²) in [4.78, 5) is 96.2. The average molecular weight is 793 g/mol. The minimum atomic E-state index is -4.75. The maximum atomic E-state index is 14.4. The van der Waals surface area contributed by atoms with Gasteiger partial charge in [-0.2, -0.15) is 13.2 Å². The summed E-state index contributed by atoms with van der Waals surface area (Å²) >= 11 is 0. The molecular weight excluding hydrogens is 737 g/mol. The number of rotatable bonds is 14. The topological polar surface area (TPSA) is 183 Å². The monoisotopic (exact) mass is 792 g/mol. The first-order valence-electron chi connectivity index (χ1n) is 19.1. The fourth-order valence-electron chi connectivity index (χ4n) is 7.92. The Hall–Kier alpha value is -4.70. The van der Waals surface area contributed by atoms with Crippen LogP contribution in [0.5, 0.6) is 0 Å². The largest absolute Gasteiger partial charge is 0.444 e. The predicted molar refractivity (Wildman–Crippen MR) is 197 cm³/mol. The van der Waals surface area contributed by atoms with Crippen molar-refractivity contribution in [2.45, 2.75) is 116 Å². The van der Waals surface area contributed by atoms with Crippen molar-refractivity contribution in [3.05, 3.63) is 35.9 Å². The summed E-state index contributed by atoms with van der Waals surface area (Å²) in [6.07, 6.45) is -4.12. The van der Waals surface area contributed by atoms with E-state index in [1.54, 1.807) is 51.1 Å². The van der Waals surface area contributed by atoms with Gasteiger partial charge in [0, 0.05) is 27.1 Å². The summed E-state index contributed by atoms with van der Waals surface area (Å²) in [5, 5.41) is 9.66. The van der Waals surface area contributed by atoms with Crippen LogP contribution in [-0.2, 0) is 33.5 Å². The highest BCUT2D eigenvalue weighted by molar-refractivity contribution is 6.38. The first kappa shape index (κ1) is 44.0. The summed E-state index contributed by atoms with van der Waals surface area (Å²) in [7, 11) is 2.97. The van der Waals surface area contributed by atoms with Gasteiger partial charge in [0.2, 0.25) is 29.4 Å². The van der Waals surface area contributed by atoms with Gasteiger partial charge in [-0.1, -0.05) is 63.4 Å². The number of amides is 6. The average Bonchev–Trinajstić information content (AvgIpc) is 3.42. The predicted octanol–water partition coefficient (Wildman–Crippen LogP) is 3.40. The quantitative estimate of drug-likeness (QED) is 0.207. The Kier molecular flexibility index (Phi) is 13.8. The zero-order valence-corrected chi connectivity index (χ0v) is 33.1. The summed E-state index contributed by atoms with van der Waals surface area (Å²) in [6, 6.07) is 2.94. The first-order chi connectivity index (χ1) is 26.0. The van der Waals surface area contributed by atoms with Crippen molar-refractivity contribution in [3.63, 3.8) is 0 Å². The molecule has 310 valence electrons. The van der Waals surface area contributed by atoms with E-state index in [-0.39, 0.29) is 18.4 Å². The highest BCUT2D eigenvalue weighted by atomic mass is 19.4. The number of halogens is 3. The Balaban J connectivity index is 1.51. The van der Waals surface area contributed by atoms with Crippen LogP contribution in [0.2, 0.25) is 0 Å². The van der Waals surface area contributed by atoms with Crippen molar-refractivity contribution in [2.75, 3.05) is 27.2 Å². The zero-order chi connectivity index (χ0) is 41.7. The van der Waals surface area contributed by atoms with Crippen molar-refractivity contribution in [2.24, 2.45) is 23.2 Å². The lowest BCUT2D eigenvalue weighted by molar-refractivity contribution is -0.148. The van der Waals surface area contributed by atoms with Gasteiger partial charge in [0.25, 0.3) is 5.91 Å². The van der Waals surface area contributed by atoms with Crippen molar-refractivity contribution in [3.8, 4) is 0 Å². The fourth-order valence-corrected chi connectivity index (χ4v) is 7.92. The van der Waals surface area contributed by atoms with Crippen LogP contribution in [0.15, 0.2) is 30.3 Å². The number of carbonyl (C=O) groups is 7. The van der Waals surface area contributed by atoms with Crippen LogP contribution in [0, 0.1) is 23.2 Å². The van der Waals surface area contributed by atoms with Gasteiger partial charge >= 0.3 is 12.3 Å². The molecule has 14 nitrogen and oxygen atoms in total. The SMILES string of the molecule is CN(C)C(=O)[C@@H](NC(=O)CNC(=O)C(=O)C(CCC(F)(F)F)NC(=O)[C@@H]1[C@@H]2[C@H](CN1C(=O)[C@@H](NC(=O)OC(C)(C)C)C1CCCCC1)C2(C)C)c1ccccc1. The third kappa shape index (κ3) is 11.2. The van der Waals surface area contributed by atoms with E-state index < -0.39 is 108 Å². The molecule has 2 saturated carbocycles. The summed E-state index contributed by atoms with van der Waals surface area (Å²) in [5.74, 6) is -6.42. The number of piperidine rings is 1. The van der Waals surface area contributed by atoms with Crippen LogP contribution in [0.1, 0.15) is 91.2 Å². The summed E-state index contributed by atoms with van der Waals surface area (Å²) in [5.41, 5.74) is -0.821. The number of ketones is 1. The first-order valence-corrected chi connectivity index (χ1v) is 19.1. The molecule has 0 aromatic heterocycles. The molecule has 56 heavy (non-hydrogen) atoms. The lowest BCUT2D eigenvalue weighted by Gasteiger charge is -2.37. The summed E-state index contributed by atoms with van der Waals surface area (Å²) < 4.78 is 45.8. The van der Waals surface area contributed by atoms with Crippen LogP contribution >= 0.6 is 0 Å². The van der Waals surface area contributed by atoms with Crippen LogP contribution in [-0.4, -0.2) is 108 Å². The molecule has 1 aromatic rings. The molecule has 1 heterocycles.